The van der Waals surface area contributed by atoms with Crippen molar-refractivity contribution in [2.24, 2.45) is 0 Å². The summed E-state index contributed by atoms with van der Waals surface area (Å²) in [5.74, 6) is 1.06. The largest absolute Gasteiger partial charge is 0.370 e. The van der Waals surface area contributed by atoms with E-state index in [0.717, 1.165) is 37.3 Å². The number of para-hydroxylation sites is 2. The van der Waals surface area contributed by atoms with Gasteiger partial charge in [-0.3, -0.25) is 0 Å². The molecular weight excluding hydrogens is 308 g/mol. The van der Waals surface area contributed by atoms with Crippen LogP contribution >= 0.6 is 0 Å². The molecule has 1 aromatic heterocycles. The van der Waals surface area contributed by atoms with Crippen molar-refractivity contribution >= 4 is 21.8 Å². The normalized spacial score (nSPS) is 17.5. The summed E-state index contributed by atoms with van der Waals surface area (Å²) in [6, 6.07) is 23.5. The number of rotatable bonds is 3. The fraction of sp³-hybridized carbons (Fsp3) is 0.227. The van der Waals surface area contributed by atoms with Gasteiger partial charge in [0.2, 0.25) is 0 Å². The topological polar surface area (TPSA) is 27.1 Å². The van der Waals surface area contributed by atoms with Crippen LogP contribution in [0.5, 0.6) is 0 Å². The summed E-state index contributed by atoms with van der Waals surface area (Å²) in [5.41, 5.74) is 3.55. The summed E-state index contributed by atoms with van der Waals surface area (Å²) in [5, 5.41) is 2.59. The van der Waals surface area contributed by atoms with E-state index in [1.54, 1.807) is 0 Å². The molecule has 0 spiro atoms. The first-order valence-corrected chi connectivity index (χ1v) is 8.93. The highest BCUT2D eigenvalue weighted by Gasteiger charge is 2.24. The lowest BCUT2D eigenvalue weighted by molar-refractivity contribution is 0.103. The van der Waals surface area contributed by atoms with Crippen molar-refractivity contribution in [2.45, 2.75) is 25.5 Å². The van der Waals surface area contributed by atoms with Crippen LogP contribution in [0.4, 0.5) is 0 Å². The minimum Gasteiger partial charge on any atom is -0.370 e. The van der Waals surface area contributed by atoms with Crippen LogP contribution in [-0.4, -0.2) is 16.2 Å². The Morgan fingerprint density at radius 2 is 1.80 bits per heavy atom. The van der Waals surface area contributed by atoms with Gasteiger partial charge >= 0.3 is 0 Å². The second-order valence-electron chi connectivity index (χ2n) is 6.68. The Kier molecular flexibility index (Phi) is 3.53. The molecule has 124 valence electrons. The van der Waals surface area contributed by atoms with Gasteiger partial charge in [-0.1, -0.05) is 54.6 Å². The van der Waals surface area contributed by atoms with Crippen molar-refractivity contribution < 1.29 is 4.74 Å². The second-order valence-corrected chi connectivity index (χ2v) is 6.68. The van der Waals surface area contributed by atoms with Crippen LogP contribution in [0.3, 0.4) is 0 Å². The van der Waals surface area contributed by atoms with Crippen molar-refractivity contribution in [3.05, 3.63) is 78.1 Å². The van der Waals surface area contributed by atoms with E-state index in [4.69, 9.17) is 9.72 Å². The van der Waals surface area contributed by atoms with E-state index in [1.165, 1.54) is 21.9 Å². The fourth-order valence-corrected chi connectivity index (χ4v) is 3.89. The van der Waals surface area contributed by atoms with Gasteiger partial charge in [0.05, 0.1) is 17.6 Å². The molecule has 0 saturated carbocycles. The number of nitrogens with zero attached hydrogens (tertiary/aromatic N) is 2. The fourth-order valence-electron chi connectivity index (χ4n) is 3.89. The van der Waals surface area contributed by atoms with Crippen molar-refractivity contribution in [3.63, 3.8) is 0 Å². The molecule has 1 fully saturated rings. The second kappa shape index (κ2) is 6.01. The summed E-state index contributed by atoms with van der Waals surface area (Å²) < 4.78 is 8.29. The predicted molar refractivity (Wildman–Crippen MR) is 101 cm³/mol. The number of imidazole rings is 1. The third-order valence-electron chi connectivity index (χ3n) is 5.11. The van der Waals surface area contributed by atoms with Crippen LogP contribution < -0.4 is 0 Å². The van der Waals surface area contributed by atoms with Crippen LogP contribution in [0.15, 0.2) is 66.7 Å². The first-order valence-electron chi connectivity index (χ1n) is 8.93. The van der Waals surface area contributed by atoms with Crippen LogP contribution in [-0.2, 0) is 11.3 Å². The molecule has 4 aromatic rings. The average molecular weight is 328 g/mol. The first-order chi connectivity index (χ1) is 12.4. The molecular formula is C22H20N2O. The van der Waals surface area contributed by atoms with E-state index in [2.05, 4.69) is 71.3 Å². The predicted octanol–water partition coefficient (Wildman–Crippen LogP) is 5.09. The van der Waals surface area contributed by atoms with Gasteiger partial charge in [0, 0.05) is 6.61 Å². The monoisotopic (exact) mass is 328 g/mol. The zero-order chi connectivity index (χ0) is 16.6. The number of hydrogen-bond acceptors (Lipinski definition) is 2. The lowest BCUT2D eigenvalue weighted by atomic mass is 10.0. The van der Waals surface area contributed by atoms with E-state index in [1.807, 2.05) is 0 Å². The van der Waals surface area contributed by atoms with Gasteiger partial charge in [0.15, 0.2) is 0 Å². The molecule has 0 N–H and O–H groups in total. The molecule has 1 aliphatic heterocycles. The minimum absolute atomic E-state index is 0.113. The Hall–Kier alpha value is -2.65. The molecule has 0 aliphatic carbocycles. The Bertz CT molecular complexity index is 1040. The van der Waals surface area contributed by atoms with Gasteiger partial charge < -0.3 is 9.30 Å². The Labute approximate surface area is 146 Å². The molecule has 0 radical (unpaired) electrons. The summed E-state index contributed by atoms with van der Waals surface area (Å²) in [7, 11) is 0. The van der Waals surface area contributed by atoms with Gasteiger partial charge in [-0.05, 0) is 41.3 Å². The Morgan fingerprint density at radius 3 is 2.72 bits per heavy atom. The molecule has 25 heavy (non-hydrogen) atoms. The summed E-state index contributed by atoms with van der Waals surface area (Å²) in [6.45, 7) is 1.65. The van der Waals surface area contributed by atoms with Gasteiger partial charge in [-0.2, -0.15) is 0 Å². The lowest BCUT2D eigenvalue weighted by Crippen LogP contribution is -2.10. The molecule has 0 bridgehead atoms. The quantitative estimate of drug-likeness (QED) is 0.524. The van der Waals surface area contributed by atoms with Crippen molar-refractivity contribution in [3.8, 4) is 0 Å². The molecule has 1 atom stereocenters. The third kappa shape index (κ3) is 2.52. The summed E-state index contributed by atoms with van der Waals surface area (Å²) in [4.78, 5) is 4.91. The maximum absolute atomic E-state index is 5.95. The zero-order valence-corrected chi connectivity index (χ0v) is 14.1. The highest BCUT2D eigenvalue weighted by molar-refractivity contribution is 5.86. The molecule has 3 heteroatoms. The number of benzene rings is 3. The number of ether oxygens (including phenoxy) is 1. The SMILES string of the molecule is c1ccc2c(Cn3c(C4CCCO4)nc4ccccc43)cccc2c1. The number of hydrogen-bond donors (Lipinski definition) is 0. The lowest BCUT2D eigenvalue weighted by Gasteiger charge is -2.15. The van der Waals surface area contributed by atoms with E-state index in [-0.39, 0.29) is 6.10 Å². The van der Waals surface area contributed by atoms with Crippen molar-refractivity contribution in [1.29, 1.82) is 0 Å². The zero-order valence-electron chi connectivity index (χ0n) is 14.1. The van der Waals surface area contributed by atoms with Crippen molar-refractivity contribution in [1.82, 2.24) is 9.55 Å². The highest BCUT2D eigenvalue weighted by atomic mass is 16.5. The maximum atomic E-state index is 5.95. The molecule has 3 nitrogen and oxygen atoms in total. The smallest absolute Gasteiger partial charge is 0.139 e. The number of aromatic nitrogens is 2. The summed E-state index contributed by atoms with van der Waals surface area (Å²) in [6.07, 6.45) is 2.28. The van der Waals surface area contributed by atoms with E-state index in [0.29, 0.717) is 0 Å². The van der Waals surface area contributed by atoms with E-state index >= 15 is 0 Å². The number of fused-ring (bicyclic) bond motifs is 2. The van der Waals surface area contributed by atoms with Crippen LogP contribution in [0, 0.1) is 0 Å². The Balaban J connectivity index is 1.67. The van der Waals surface area contributed by atoms with E-state index < -0.39 is 0 Å². The highest BCUT2D eigenvalue weighted by Crippen LogP contribution is 2.32. The maximum Gasteiger partial charge on any atom is 0.139 e. The molecule has 0 amide bonds. The molecule has 1 aliphatic rings. The van der Waals surface area contributed by atoms with Gasteiger partial charge in [-0.25, -0.2) is 4.98 Å². The first kappa shape index (κ1) is 14.7. The Morgan fingerprint density at radius 1 is 0.960 bits per heavy atom. The van der Waals surface area contributed by atoms with Crippen LogP contribution in [0.25, 0.3) is 21.8 Å². The minimum atomic E-state index is 0.113. The van der Waals surface area contributed by atoms with Crippen LogP contribution in [0.2, 0.25) is 0 Å². The average Bonchev–Trinajstić information content (AvgIpc) is 3.30. The molecule has 1 unspecified atom stereocenters. The van der Waals surface area contributed by atoms with Gasteiger partial charge in [-0.15, -0.1) is 0 Å². The molecule has 5 rings (SSSR count). The van der Waals surface area contributed by atoms with Crippen molar-refractivity contribution in [2.75, 3.05) is 6.61 Å². The third-order valence-corrected chi connectivity index (χ3v) is 5.11. The van der Waals surface area contributed by atoms with Gasteiger partial charge in [0.25, 0.3) is 0 Å². The molecule has 3 aromatic carbocycles. The standard InChI is InChI=1S/C22H20N2O/c1-2-10-18-16(7-1)8-5-9-17(18)15-24-20-12-4-3-11-19(20)23-22(24)21-13-6-14-25-21/h1-5,7-12,21H,6,13-15H2. The van der Waals surface area contributed by atoms with Gasteiger partial charge in [0.1, 0.15) is 11.9 Å². The molecule has 1 saturated heterocycles. The van der Waals surface area contributed by atoms with Crippen LogP contribution in [0.1, 0.15) is 30.3 Å². The van der Waals surface area contributed by atoms with E-state index in [9.17, 15) is 0 Å². The summed E-state index contributed by atoms with van der Waals surface area (Å²) >= 11 is 0. The molecule has 2 heterocycles.